The van der Waals surface area contributed by atoms with E-state index in [0.29, 0.717) is 12.0 Å². The smallest absolute Gasteiger partial charge is 0.351 e. The van der Waals surface area contributed by atoms with Crippen molar-refractivity contribution in [3.05, 3.63) is 40.0 Å². The molecule has 6 heteroatoms. The fourth-order valence-electron chi connectivity index (χ4n) is 2.10. The second kappa shape index (κ2) is 9.58. The molecule has 1 unspecified atom stereocenters. The molecule has 0 fully saturated rings. The van der Waals surface area contributed by atoms with Crippen LogP contribution in [0.2, 0.25) is 0 Å². The molecule has 0 spiro atoms. The van der Waals surface area contributed by atoms with E-state index in [1.54, 1.807) is 0 Å². The molecule has 0 aliphatic rings. The van der Waals surface area contributed by atoms with Crippen LogP contribution >= 0.6 is 11.3 Å². The molecule has 0 amide bonds. The molecule has 1 N–H and O–H groups in total. The van der Waals surface area contributed by atoms with Crippen LogP contribution < -0.4 is 5.32 Å². The maximum Gasteiger partial charge on any atom is 3.00 e. The maximum absolute atomic E-state index is 4.50. The van der Waals surface area contributed by atoms with Crippen molar-refractivity contribution in [2.45, 2.75) is 53.0 Å². The van der Waals surface area contributed by atoms with Crippen LogP contribution in [-0.4, -0.2) is 21.0 Å². The Bertz CT molecular complexity index is 557. The van der Waals surface area contributed by atoms with Crippen LogP contribution in [0, 0.1) is 12.8 Å². The minimum Gasteiger partial charge on any atom is -0.351 e. The number of thiophene rings is 1. The summed E-state index contributed by atoms with van der Waals surface area (Å²) in [5, 5.41) is 5.59. The quantitative estimate of drug-likeness (QED) is 0.723. The molecule has 1 atom stereocenters. The van der Waals surface area contributed by atoms with Gasteiger partial charge in [-0.2, -0.15) is 18.8 Å². The van der Waals surface area contributed by atoms with Crippen molar-refractivity contribution in [2.75, 3.05) is 5.32 Å². The third-order valence-electron chi connectivity index (χ3n) is 3.34. The minimum absolute atomic E-state index is 0. The summed E-state index contributed by atoms with van der Waals surface area (Å²) in [6.07, 6.45) is 3.24. The number of rotatable bonds is 7. The van der Waals surface area contributed by atoms with Crippen molar-refractivity contribution in [3.8, 4) is 0 Å². The Morgan fingerprint density at radius 3 is 2.64 bits per heavy atom. The average molecular weight is 392 g/mol. The summed E-state index contributed by atoms with van der Waals surface area (Å²) >= 11 is 1.82. The van der Waals surface area contributed by atoms with E-state index in [4.69, 9.17) is 0 Å². The molecule has 0 aromatic carbocycles. The molecule has 0 saturated heterocycles. The maximum atomic E-state index is 4.50. The van der Waals surface area contributed by atoms with Crippen LogP contribution in [0.15, 0.2) is 17.5 Å². The fourth-order valence-corrected chi connectivity index (χ4v) is 2.83. The van der Waals surface area contributed by atoms with Crippen LogP contribution in [0.25, 0.3) is 0 Å². The fraction of sp³-hybridized carbons (Fsp3) is 0.500. The molecule has 0 aliphatic carbocycles. The molecule has 0 radical (unpaired) electrons. The predicted molar refractivity (Wildman–Crippen MR) is 88.6 cm³/mol. The summed E-state index contributed by atoms with van der Waals surface area (Å²) in [7, 11) is 0. The molecule has 0 aliphatic heterocycles. The van der Waals surface area contributed by atoms with Crippen molar-refractivity contribution < 1.29 is 32.7 Å². The second-order valence-corrected chi connectivity index (χ2v) is 6.43. The largest absolute Gasteiger partial charge is 3.00 e. The summed E-state index contributed by atoms with van der Waals surface area (Å²) in [6, 6.07) is 4.69. The second-order valence-electron chi connectivity index (χ2n) is 5.40. The van der Waals surface area contributed by atoms with Crippen LogP contribution in [0.4, 0.5) is 5.95 Å². The summed E-state index contributed by atoms with van der Waals surface area (Å²) in [4.78, 5) is 14.7. The van der Waals surface area contributed by atoms with Crippen LogP contribution in [0.3, 0.4) is 0 Å². The van der Waals surface area contributed by atoms with Crippen molar-refractivity contribution in [1.29, 1.82) is 0 Å². The van der Waals surface area contributed by atoms with Gasteiger partial charge in [0, 0.05) is 16.7 Å². The van der Waals surface area contributed by atoms with E-state index in [9.17, 15) is 0 Å². The number of nitrogens with one attached hydrogen (secondary N) is 1. The number of anilines is 1. The molecule has 2 aromatic rings. The summed E-state index contributed by atoms with van der Waals surface area (Å²) in [5.41, 5.74) is 0. The molecule has 22 heavy (non-hydrogen) atoms. The van der Waals surface area contributed by atoms with E-state index >= 15 is 0 Å². The number of aromatic nitrogens is 3. The third kappa shape index (κ3) is 5.94. The van der Waals surface area contributed by atoms with Gasteiger partial charge in [0.2, 0.25) is 5.95 Å². The Balaban J connectivity index is 0.00000242. The predicted octanol–water partition coefficient (Wildman–Crippen LogP) is 4.02. The molecule has 0 bridgehead atoms. The zero-order chi connectivity index (χ0) is 15.2. The molecule has 2 heterocycles. The normalized spacial score (nSPS) is 11.6. The molecular weight excluding hydrogens is 369 g/mol. The van der Waals surface area contributed by atoms with Gasteiger partial charge in [-0.1, -0.05) is 13.0 Å². The van der Waals surface area contributed by atoms with Gasteiger partial charge < -0.3 is 11.2 Å². The van der Waals surface area contributed by atoms with Crippen LogP contribution in [0.5, 0.6) is 0 Å². The van der Waals surface area contributed by atoms with Gasteiger partial charge in [-0.15, -0.1) is 11.3 Å². The van der Waals surface area contributed by atoms with Gasteiger partial charge in [-0.25, -0.2) is 4.98 Å². The van der Waals surface area contributed by atoms with Crippen molar-refractivity contribution >= 4 is 17.3 Å². The summed E-state index contributed by atoms with van der Waals surface area (Å²) in [5.74, 6) is 3.34. The Labute approximate surface area is 162 Å². The van der Waals surface area contributed by atoms with Gasteiger partial charge in [0.05, 0.1) is 0 Å². The summed E-state index contributed by atoms with van der Waals surface area (Å²) in [6.45, 7) is 8.14. The number of aryl methyl sites for hydroxylation is 2. The zero-order valence-electron chi connectivity index (χ0n) is 13.8. The molecular formula is C16H23N4SY+2. The number of nitrogens with zero attached hydrogens (tertiary/aromatic N) is 3. The molecule has 2 rings (SSSR count). The van der Waals surface area contributed by atoms with E-state index in [0.717, 1.165) is 36.8 Å². The summed E-state index contributed by atoms with van der Waals surface area (Å²) < 4.78 is 0. The van der Waals surface area contributed by atoms with Gasteiger partial charge in [-0.3, -0.25) is 4.98 Å². The van der Waals surface area contributed by atoms with Gasteiger partial charge >= 0.3 is 32.7 Å². The van der Waals surface area contributed by atoms with Crippen molar-refractivity contribution in [1.82, 2.24) is 15.0 Å². The van der Waals surface area contributed by atoms with E-state index in [-0.39, 0.29) is 32.7 Å². The van der Waals surface area contributed by atoms with Gasteiger partial charge in [0.1, 0.15) is 5.82 Å². The Morgan fingerprint density at radius 2 is 2.05 bits per heavy atom. The Hall–Kier alpha value is -0.516. The first-order valence-electron chi connectivity index (χ1n) is 7.40. The SMILES string of the molecule is CCC(CCc1cccs1)Nc1nc(C)nc([C-](C)C)n1.[Y+3]. The number of hydrogen-bond acceptors (Lipinski definition) is 5. The van der Waals surface area contributed by atoms with Crippen LogP contribution in [-0.2, 0) is 39.1 Å². The molecule has 4 nitrogen and oxygen atoms in total. The van der Waals surface area contributed by atoms with E-state index in [2.05, 4.69) is 44.7 Å². The monoisotopic (exact) mass is 392 g/mol. The van der Waals surface area contributed by atoms with Crippen molar-refractivity contribution in [2.24, 2.45) is 0 Å². The first-order chi connectivity index (χ1) is 10.1. The standard InChI is InChI=1S/C16H23N4S.Y/c1-5-13(8-9-14-7-6-10-21-14)19-16-18-12(4)17-15(20-16)11(2)3;/h6-7,10,13H,5,8-9H2,1-4H3,(H,17,18,19,20);/q-1;+3. The number of hydrogen-bond donors (Lipinski definition) is 1. The zero-order valence-corrected chi connectivity index (χ0v) is 17.4. The van der Waals surface area contributed by atoms with E-state index < -0.39 is 0 Å². The topological polar surface area (TPSA) is 50.7 Å². The first-order valence-corrected chi connectivity index (χ1v) is 8.28. The molecule has 2 aromatic heterocycles. The van der Waals surface area contributed by atoms with E-state index in [1.807, 2.05) is 32.1 Å². The Kier molecular flexibility index (Phi) is 8.51. The minimum atomic E-state index is 0. The third-order valence-corrected chi connectivity index (χ3v) is 4.28. The Morgan fingerprint density at radius 1 is 1.27 bits per heavy atom. The average Bonchev–Trinajstić information content (AvgIpc) is 2.96. The van der Waals surface area contributed by atoms with Crippen LogP contribution in [0.1, 0.15) is 50.1 Å². The van der Waals surface area contributed by atoms with E-state index in [1.165, 1.54) is 4.88 Å². The molecule has 114 valence electrons. The van der Waals surface area contributed by atoms with Gasteiger partial charge in [0.25, 0.3) is 0 Å². The molecule has 0 saturated carbocycles. The van der Waals surface area contributed by atoms with Gasteiger partial charge in [-0.05, 0) is 37.6 Å². The van der Waals surface area contributed by atoms with Gasteiger partial charge in [0.15, 0.2) is 0 Å². The first kappa shape index (κ1) is 19.5. The van der Waals surface area contributed by atoms with Crippen molar-refractivity contribution in [3.63, 3.8) is 0 Å².